The Morgan fingerprint density at radius 2 is 2.00 bits per heavy atom. The Hall–Kier alpha value is -2.41. The maximum atomic E-state index is 12.6. The van der Waals surface area contributed by atoms with Crippen LogP contribution in [0.2, 0.25) is 0 Å². The van der Waals surface area contributed by atoms with Crippen LogP contribution in [0.4, 0.5) is 0 Å². The zero-order valence-corrected chi connectivity index (χ0v) is 14.5. The maximum absolute atomic E-state index is 12.6. The van der Waals surface area contributed by atoms with E-state index in [4.69, 9.17) is 9.84 Å². The summed E-state index contributed by atoms with van der Waals surface area (Å²) in [6.07, 6.45) is -0.493. The van der Waals surface area contributed by atoms with Gasteiger partial charge in [-0.3, -0.25) is 14.4 Å². The molecule has 7 heteroatoms. The summed E-state index contributed by atoms with van der Waals surface area (Å²) in [6.45, 7) is 4.39. The van der Waals surface area contributed by atoms with E-state index in [1.165, 1.54) is 6.92 Å². The van der Waals surface area contributed by atoms with Crippen LogP contribution in [0.5, 0.6) is 0 Å². The summed E-state index contributed by atoms with van der Waals surface area (Å²) in [5, 5.41) is 11.7. The van der Waals surface area contributed by atoms with Crippen molar-refractivity contribution in [2.45, 2.75) is 38.8 Å². The summed E-state index contributed by atoms with van der Waals surface area (Å²) < 4.78 is 5.39. The van der Waals surface area contributed by atoms with Crippen molar-refractivity contribution in [2.24, 2.45) is 0 Å². The van der Waals surface area contributed by atoms with E-state index in [1.54, 1.807) is 4.90 Å². The van der Waals surface area contributed by atoms with E-state index in [0.717, 1.165) is 11.1 Å². The molecule has 25 heavy (non-hydrogen) atoms. The highest BCUT2D eigenvalue weighted by Crippen LogP contribution is 2.20. The minimum absolute atomic E-state index is 0.127. The number of amides is 2. The number of aliphatic carboxylic acids is 1. The van der Waals surface area contributed by atoms with Gasteiger partial charge in [0.25, 0.3) is 0 Å². The summed E-state index contributed by atoms with van der Waals surface area (Å²) in [5.41, 5.74) is 1.96. The van der Waals surface area contributed by atoms with E-state index in [2.05, 4.69) is 5.32 Å². The summed E-state index contributed by atoms with van der Waals surface area (Å²) in [6, 6.07) is 7.26. The van der Waals surface area contributed by atoms with Gasteiger partial charge in [-0.15, -0.1) is 0 Å². The number of aryl methyl sites for hydroxylation is 1. The molecule has 0 spiro atoms. The van der Waals surface area contributed by atoms with Gasteiger partial charge in [0.05, 0.1) is 31.6 Å². The highest BCUT2D eigenvalue weighted by atomic mass is 16.5. The number of nitrogens with zero attached hydrogens (tertiary/aromatic N) is 1. The highest BCUT2D eigenvalue weighted by Gasteiger charge is 2.28. The molecule has 1 aromatic rings. The fourth-order valence-corrected chi connectivity index (χ4v) is 2.86. The molecule has 1 aliphatic rings. The minimum Gasteiger partial charge on any atom is -0.481 e. The third-order valence-corrected chi connectivity index (χ3v) is 4.13. The fourth-order valence-electron chi connectivity index (χ4n) is 2.86. The van der Waals surface area contributed by atoms with Gasteiger partial charge in [-0.25, -0.2) is 0 Å². The Bertz CT molecular complexity index is 629. The molecule has 2 atom stereocenters. The predicted molar refractivity (Wildman–Crippen MR) is 90.9 cm³/mol. The molecule has 1 fully saturated rings. The third kappa shape index (κ3) is 5.86. The number of hydrogen-bond donors (Lipinski definition) is 2. The predicted octanol–water partition coefficient (Wildman–Crippen LogP) is 1.26. The van der Waals surface area contributed by atoms with Crippen LogP contribution in [-0.4, -0.2) is 53.6 Å². The summed E-state index contributed by atoms with van der Waals surface area (Å²) in [7, 11) is 0. The molecular formula is C18H24N2O5. The number of hydrogen-bond acceptors (Lipinski definition) is 4. The number of carboxylic acid groups (broad SMARTS) is 1. The lowest BCUT2D eigenvalue weighted by Gasteiger charge is -2.33. The van der Waals surface area contributed by atoms with Crippen LogP contribution in [0.15, 0.2) is 24.3 Å². The molecule has 0 aliphatic carbocycles. The first-order chi connectivity index (χ1) is 11.8. The van der Waals surface area contributed by atoms with Gasteiger partial charge in [0, 0.05) is 20.0 Å². The molecule has 0 saturated carbocycles. The van der Waals surface area contributed by atoms with Gasteiger partial charge in [0.2, 0.25) is 11.8 Å². The molecule has 2 rings (SSSR count). The Morgan fingerprint density at radius 3 is 2.60 bits per heavy atom. The number of carboxylic acids is 1. The number of ether oxygens (including phenoxy) is 1. The summed E-state index contributed by atoms with van der Waals surface area (Å²) >= 11 is 0. The van der Waals surface area contributed by atoms with E-state index >= 15 is 0 Å². The molecule has 0 bridgehead atoms. The molecule has 7 nitrogen and oxygen atoms in total. The monoisotopic (exact) mass is 348 g/mol. The molecule has 1 aromatic carbocycles. The Kier molecular flexibility index (Phi) is 6.52. The van der Waals surface area contributed by atoms with Crippen molar-refractivity contribution in [3.8, 4) is 0 Å². The van der Waals surface area contributed by atoms with Crippen molar-refractivity contribution in [1.82, 2.24) is 10.2 Å². The van der Waals surface area contributed by atoms with Crippen molar-refractivity contribution in [1.29, 1.82) is 0 Å². The van der Waals surface area contributed by atoms with Crippen molar-refractivity contribution in [2.75, 3.05) is 19.7 Å². The van der Waals surface area contributed by atoms with Crippen LogP contribution in [0.1, 0.15) is 36.9 Å². The Labute approximate surface area is 147 Å². The van der Waals surface area contributed by atoms with Gasteiger partial charge in [-0.1, -0.05) is 29.8 Å². The lowest BCUT2D eigenvalue weighted by Crippen LogP contribution is -2.47. The first kappa shape index (κ1) is 18.9. The fraction of sp³-hybridized carbons (Fsp3) is 0.500. The summed E-state index contributed by atoms with van der Waals surface area (Å²) in [5.74, 6) is -1.28. The van der Waals surface area contributed by atoms with Crippen LogP contribution in [-0.2, 0) is 19.1 Å². The molecule has 2 amide bonds. The van der Waals surface area contributed by atoms with E-state index < -0.39 is 18.1 Å². The third-order valence-electron chi connectivity index (χ3n) is 4.13. The van der Waals surface area contributed by atoms with Crippen LogP contribution < -0.4 is 5.32 Å². The highest BCUT2D eigenvalue weighted by molar-refractivity contribution is 5.79. The molecule has 1 aliphatic heterocycles. The molecule has 1 saturated heterocycles. The van der Waals surface area contributed by atoms with Crippen molar-refractivity contribution >= 4 is 17.8 Å². The smallest absolute Gasteiger partial charge is 0.306 e. The van der Waals surface area contributed by atoms with Gasteiger partial charge in [-0.05, 0) is 12.5 Å². The number of nitrogens with one attached hydrogen (secondary N) is 1. The van der Waals surface area contributed by atoms with Crippen molar-refractivity contribution < 1.29 is 24.2 Å². The van der Waals surface area contributed by atoms with Gasteiger partial charge in [-0.2, -0.15) is 0 Å². The molecular weight excluding hydrogens is 324 g/mol. The first-order valence-corrected chi connectivity index (χ1v) is 8.30. The van der Waals surface area contributed by atoms with Crippen LogP contribution in [0, 0.1) is 6.92 Å². The lowest BCUT2D eigenvalue weighted by molar-refractivity contribution is -0.148. The first-order valence-electron chi connectivity index (χ1n) is 8.30. The van der Waals surface area contributed by atoms with E-state index in [9.17, 15) is 14.4 Å². The summed E-state index contributed by atoms with van der Waals surface area (Å²) in [4.78, 5) is 36.6. The van der Waals surface area contributed by atoms with Crippen LogP contribution in [0.25, 0.3) is 0 Å². The average molecular weight is 348 g/mol. The van der Waals surface area contributed by atoms with Crippen molar-refractivity contribution in [3.63, 3.8) is 0 Å². The van der Waals surface area contributed by atoms with Crippen LogP contribution >= 0.6 is 0 Å². The second-order valence-electron chi connectivity index (χ2n) is 6.30. The van der Waals surface area contributed by atoms with E-state index in [0.29, 0.717) is 13.2 Å². The SMILES string of the molecule is CC(=O)N[C@@H](CC(=O)N1CCO[C@@H](CC(=O)O)C1)c1ccc(C)cc1. The average Bonchev–Trinajstić information content (AvgIpc) is 2.54. The molecule has 0 aromatic heterocycles. The topological polar surface area (TPSA) is 95.9 Å². The van der Waals surface area contributed by atoms with E-state index in [-0.39, 0.29) is 31.2 Å². The maximum Gasteiger partial charge on any atom is 0.306 e. The molecule has 0 unspecified atom stereocenters. The number of benzene rings is 1. The van der Waals surface area contributed by atoms with Gasteiger partial charge in [0.15, 0.2) is 0 Å². The minimum atomic E-state index is -0.949. The normalized spacial score (nSPS) is 18.5. The standard InChI is InChI=1S/C18H24N2O5/c1-12-3-5-14(6-4-12)16(19-13(2)21)10-17(22)20-7-8-25-15(11-20)9-18(23)24/h3-6,15-16H,7-11H2,1-2H3,(H,19,21)(H,23,24)/t15-,16-/m0/s1. The quantitative estimate of drug-likeness (QED) is 0.807. The van der Waals surface area contributed by atoms with Crippen LogP contribution in [0.3, 0.4) is 0 Å². The zero-order valence-electron chi connectivity index (χ0n) is 14.5. The molecule has 136 valence electrons. The molecule has 1 heterocycles. The van der Waals surface area contributed by atoms with Gasteiger partial charge in [0.1, 0.15) is 0 Å². The largest absolute Gasteiger partial charge is 0.481 e. The molecule has 0 radical (unpaired) electrons. The molecule has 2 N–H and O–H groups in total. The zero-order chi connectivity index (χ0) is 18.4. The second kappa shape index (κ2) is 8.62. The lowest BCUT2D eigenvalue weighted by atomic mass is 10.0. The number of carbonyl (C=O) groups excluding carboxylic acids is 2. The van der Waals surface area contributed by atoms with E-state index in [1.807, 2.05) is 31.2 Å². The Morgan fingerprint density at radius 1 is 1.32 bits per heavy atom. The second-order valence-corrected chi connectivity index (χ2v) is 6.30. The van der Waals surface area contributed by atoms with Gasteiger partial charge < -0.3 is 20.1 Å². The number of morpholine rings is 1. The number of carbonyl (C=O) groups is 3. The number of rotatable bonds is 6. The Balaban J connectivity index is 2.04. The van der Waals surface area contributed by atoms with Crippen molar-refractivity contribution in [3.05, 3.63) is 35.4 Å². The van der Waals surface area contributed by atoms with Gasteiger partial charge >= 0.3 is 5.97 Å².